The molecule has 2 aliphatic heterocycles. The molecule has 4 rings (SSSR count). The van der Waals surface area contributed by atoms with Gasteiger partial charge in [-0.3, -0.25) is 4.79 Å². The summed E-state index contributed by atoms with van der Waals surface area (Å²) >= 11 is 3.51. The van der Waals surface area contributed by atoms with E-state index in [1.807, 2.05) is 0 Å². The maximum atomic E-state index is 12.6. The zero-order valence-electron chi connectivity index (χ0n) is 13.3. The highest BCUT2D eigenvalue weighted by Gasteiger charge is 2.33. The van der Waals surface area contributed by atoms with E-state index in [2.05, 4.69) is 34.3 Å². The standard InChI is InChI=1S/C17H21N3OS2/c1-22-13-4-5-14-15(10-13)23-17(18-14)20-9-6-12(11-20)16(21)19-7-2-3-8-19/h4-5,10,12H,2-3,6-9,11H2,1H3. The van der Waals surface area contributed by atoms with E-state index in [4.69, 9.17) is 4.98 Å². The Morgan fingerprint density at radius 3 is 2.91 bits per heavy atom. The fourth-order valence-corrected chi connectivity index (χ4v) is 5.04. The Hall–Kier alpha value is -1.27. The average Bonchev–Trinajstić information content (AvgIpc) is 3.32. The number of fused-ring (bicyclic) bond motifs is 1. The fraction of sp³-hybridized carbons (Fsp3) is 0.529. The van der Waals surface area contributed by atoms with Gasteiger partial charge in [0.2, 0.25) is 5.91 Å². The molecule has 2 aromatic rings. The molecule has 23 heavy (non-hydrogen) atoms. The number of amides is 1. The lowest BCUT2D eigenvalue weighted by Crippen LogP contribution is -2.35. The van der Waals surface area contributed by atoms with Crippen LogP contribution in [0.15, 0.2) is 23.1 Å². The van der Waals surface area contributed by atoms with Crippen molar-refractivity contribution in [1.29, 1.82) is 0 Å². The zero-order valence-corrected chi connectivity index (χ0v) is 15.0. The van der Waals surface area contributed by atoms with Crippen LogP contribution < -0.4 is 4.90 Å². The molecule has 2 aliphatic rings. The first kappa shape index (κ1) is 15.3. The predicted octanol–water partition coefficient (Wildman–Crippen LogP) is 3.47. The van der Waals surface area contributed by atoms with Gasteiger partial charge in [0.05, 0.1) is 16.1 Å². The number of carbonyl (C=O) groups excluding carboxylic acids is 1. The number of nitrogens with zero attached hydrogens (tertiary/aromatic N) is 3. The van der Waals surface area contributed by atoms with Crippen molar-refractivity contribution in [3.8, 4) is 0 Å². The van der Waals surface area contributed by atoms with Crippen LogP contribution in [0.25, 0.3) is 10.2 Å². The van der Waals surface area contributed by atoms with Gasteiger partial charge in [-0.05, 0) is 43.7 Å². The van der Waals surface area contributed by atoms with E-state index in [0.717, 1.165) is 56.1 Å². The molecule has 0 N–H and O–H groups in total. The molecule has 3 heterocycles. The summed E-state index contributed by atoms with van der Waals surface area (Å²) < 4.78 is 1.24. The molecule has 2 saturated heterocycles. The third-order valence-electron chi connectivity index (χ3n) is 4.81. The molecular weight excluding hydrogens is 326 g/mol. The molecular formula is C17H21N3OS2. The number of hydrogen-bond donors (Lipinski definition) is 0. The number of hydrogen-bond acceptors (Lipinski definition) is 5. The number of likely N-dealkylation sites (tertiary alicyclic amines) is 1. The predicted molar refractivity (Wildman–Crippen MR) is 97.5 cm³/mol. The van der Waals surface area contributed by atoms with Crippen molar-refractivity contribution in [3.63, 3.8) is 0 Å². The molecule has 0 saturated carbocycles. The summed E-state index contributed by atoms with van der Waals surface area (Å²) in [6, 6.07) is 6.44. The van der Waals surface area contributed by atoms with Crippen molar-refractivity contribution < 1.29 is 4.79 Å². The van der Waals surface area contributed by atoms with Gasteiger partial charge in [0.15, 0.2) is 5.13 Å². The van der Waals surface area contributed by atoms with E-state index in [-0.39, 0.29) is 5.92 Å². The summed E-state index contributed by atoms with van der Waals surface area (Å²) in [6.45, 7) is 3.67. The lowest BCUT2D eigenvalue weighted by molar-refractivity contribution is -0.133. The second kappa shape index (κ2) is 6.32. The van der Waals surface area contributed by atoms with Gasteiger partial charge in [-0.25, -0.2) is 4.98 Å². The van der Waals surface area contributed by atoms with Gasteiger partial charge in [-0.1, -0.05) is 11.3 Å². The minimum atomic E-state index is 0.155. The first-order valence-corrected chi connectivity index (χ1v) is 10.3. The highest BCUT2D eigenvalue weighted by molar-refractivity contribution is 7.98. The molecule has 1 aromatic heterocycles. The number of benzene rings is 1. The van der Waals surface area contributed by atoms with Gasteiger partial charge in [0.1, 0.15) is 0 Å². The topological polar surface area (TPSA) is 36.4 Å². The smallest absolute Gasteiger partial charge is 0.227 e. The van der Waals surface area contributed by atoms with Crippen molar-refractivity contribution in [2.45, 2.75) is 24.2 Å². The fourth-order valence-electron chi connectivity index (χ4n) is 3.49. The van der Waals surface area contributed by atoms with Crippen molar-refractivity contribution in [2.75, 3.05) is 37.3 Å². The largest absolute Gasteiger partial charge is 0.347 e. The highest BCUT2D eigenvalue weighted by atomic mass is 32.2. The van der Waals surface area contributed by atoms with Crippen LogP contribution in [-0.4, -0.2) is 48.2 Å². The summed E-state index contributed by atoms with van der Waals surface area (Å²) in [5.74, 6) is 0.512. The Labute approximate surface area is 144 Å². The first-order valence-electron chi connectivity index (χ1n) is 8.23. The van der Waals surface area contributed by atoms with Crippen LogP contribution in [-0.2, 0) is 4.79 Å². The molecule has 1 atom stereocenters. The molecule has 1 aromatic carbocycles. The summed E-state index contributed by atoms with van der Waals surface area (Å²) in [4.78, 5) is 23.0. The van der Waals surface area contributed by atoms with Gasteiger partial charge in [0.25, 0.3) is 0 Å². The molecule has 0 radical (unpaired) electrons. The normalized spacial score (nSPS) is 21.5. The quantitative estimate of drug-likeness (QED) is 0.797. The average molecular weight is 348 g/mol. The van der Waals surface area contributed by atoms with E-state index in [1.165, 1.54) is 9.60 Å². The number of thioether (sulfide) groups is 1. The molecule has 0 spiro atoms. The number of anilines is 1. The number of thiazole rings is 1. The van der Waals surface area contributed by atoms with Crippen molar-refractivity contribution in [3.05, 3.63) is 18.2 Å². The van der Waals surface area contributed by atoms with Gasteiger partial charge in [-0.15, -0.1) is 11.8 Å². The third kappa shape index (κ3) is 2.94. The maximum Gasteiger partial charge on any atom is 0.227 e. The lowest BCUT2D eigenvalue weighted by Gasteiger charge is -2.20. The van der Waals surface area contributed by atoms with Crippen molar-refractivity contribution in [1.82, 2.24) is 9.88 Å². The molecule has 6 heteroatoms. The number of carbonyl (C=O) groups is 1. The minimum absolute atomic E-state index is 0.155. The molecule has 1 unspecified atom stereocenters. The molecule has 4 nitrogen and oxygen atoms in total. The third-order valence-corrected chi connectivity index (χ3v) is 6.61. The van der Waals surface area contributed by atoms with E-state index in [0.29, 0.717) is 5.91 Å². The molecule has 0 bridgehead atoms. The molecule has 2 fully saturated rings. The number of rotatable bonds is 3. The molecule has 1 amide bonds. The van der Waals surface area contributed by atoms with Gasteiger partial charge < -0.3 is 9.80 Å². The van der Waals surface area contributed by atoms with Crippen LogP contribution >= 0.6 is 23.1 Å². The minimum Gasteiger partial charge on any atom is -0.347 e. The maximum absolute atomic E-state index is 12.6. The Morgan fingerprint density at radius 1 is 1.30 bits per heavy atom. The van der Waals surface area contributed by atoms with Gasteiger partial charge >= 0.3 is 0 Å². The zero-order chi connectivity index (χ0) is 15.8. The van der Waals surface area contributed by atoms with E-state index in [9.17, 15) is 4.79 Å². The Kier molecular flexibility index (Phi) is 4.20. The Morgan fingerprint density at radius 2 is 2.13 bits per heavy atom. The number of aromatic nitrogens is 1. The lowest BCUT2D eigenvalue weighted by atomic mass is 10.1. The van der Waals surface area contributed by atoms with E-state index in [1.54, 1.807) is 23.1 Å². The Balaban J connectivity index is 1.49. The van der Waals surface area contributed by atoms with Crippen LogP contribution in [0.2, 0.25) is 0 Å². The van der Waals surface area contributed by atoms with Crippen LogP contribution in [0.4, 0.5) is 5.13 Å². The van der Waals surface area contributed by atoms with Crippen LogP contribution in [0.3, 0.4) is 0 Å². The van der Waals surface area contributed by atoms with Gasteiger partial charge in [-0.2, -0.15) is 0 Å². The monoisotopic (exact) mass is 347 g/mol. The van der Waals surface area contributed by atoms with E-state index >= 15 is 0 Å². The summed E-state index contributed by atoms with van der Waals surface area (Å²) in [7, 11) is 0. The van der Waals surface area contributed by atoms with Crippen LogP contribution in [0.1, 0.15) is 19.3 Å². The van der Waals surface area contributed by atoms with Crippen molar-refractivity contribution in [2.24, 2.45) is 5.92 Å². The van der Waals surface area contributed by atoms with Crippen molar-refractivity contribution >= 4 is 44.4 Å². The first-order chi connectivity index (χ1) is 11.2. The van der Waals surface area contributed by atoms with Gasteiger partial charge in [0, 0.05) is 31.1 Å². The Bertz CT molecular complexity index is 724. The SMILES string of the molecule is CSc1ccc2nc(N3CCC(C(=O)N4CCCC4)C3)sc2c1. The summed E-state index contributed by atoms with van der Waals surface area (Å²) in [5, 5.41) is 1.06. The highest BCUT2D eigenvalue weighted by Crippen LogP contribution is 2.34. The summed E-state index contributed by atoms with van der Waals surface area (Å²) in [6.07, 6.45) is 5.38. The second-order valence-corrected chi connectivity index (χ2v) is 8.18. The van der Waals surface area contributed by atoms with Crippen LogP contribution in [0.5, 0.6) is 0 Å². The second-order valence-electron chi connectivity index (χ2n) is 6.29. The molecule has 122 valence electrons. The summed E-state index contributed by atoms with van der Waals surface area (Å²) in [5.41, 5.74) is 1.07. The van der Waals surface area contributed by atoms with Crippen LogP contribution in [0, 0.1) is 5.92 Å². The molecule has 0 aliphatic carbocycles. The van der Waals surface area contributed by atoms with E-state index < -0.39 is 0 Å².